The summed E-state index contributed by atoms with van der Waals surface area (Å²) in [6, 6.07) is 21.4. The minimum Gasteiger partial charge on any atom is -0.465 e. The number of rotatable bonds is 2. The number of ether oxygens (including phenoxy) is 1. The van der Waals surface area contributed by atoms with E-state index in [0.717, 1.165) is 25.7 Å². The van der Waals surface area contributed by atoms with Gasteiger partial charge in [0.1, 0.15) is 6.07 Å². The second kappa shape index (κ2) is 15.2. The lowest BCUT2D eigenvalue weighted by Crippen LogP contribution is -2.04. The van der Waals surface area contributed by atoms with E-state index in [9.17, 15) is 9.59 Å². The van der Waals surface area contributed by atoms with Crippen LogP contribution in [0.5, 0.6) is 0 Å². The van der Waals surface area contributed by atoms with Crippen molar-refractivity contribution in [1.29, 1.82) is 5.26 Å². The molecule has 0 saturated heterocycles. The van der Waals surface area contributed by atoms with Gasteiger partial charge < -0.3 is 15.5 Å². The highest BCUT2D eigenvalue weighted by Gasteiger charge is 2.08. The molecule has 10 heteroatoms. The monoisotopic (exact) mass is 649 g/mol. The average Bonchev–Trinajstić information content (AvgIpc) is 2.94. The molecule has 0 bridgehead atoms. The summed E-state index contributed by atoms with van der Waals surface area (Å²) in [7, 11) is 1.32. The molecule has 39 heavy (non-hydrogen) atoms. The first-order chi connectivity index (χ1) is 18.3. The van der Waals surface area contributed by atoms with Crippen LogP contribution in [-0.2, 0) is 4.74 Å². The Kier molecular flexibility index (Phi) is 12.0. The standard InChI is InChI=1S/C14H9BrN2O.C8H8BrNO2.C6H4N2.CH4/c15-10-3-4-11-13(6-10)17-12(7-14(11)18)9-2-1-5-16-8-9;1-12-8(11)6-3-2-5(9)4-7(6)10;7-4-6-2-1-3-8-5-6;/h1-8H,(H,17,18);2-4H,10H2,1H3;1-3,5H;1H4. The predicted octanol–water partition coefficient (Wildman–Crippen LogP) is 6.76. The van der Waals surface area contributed by atoms with Gasteiger partial charge in [-0.05, 0) is 60.7 Å². The van der Waals surface area contributed by atoms with Crippen LogP contribution in [-0.4, -0.2) is 28.0 Å². The van der Waals surface area contributed by atoms with Gasteiger partial charge in [-0.15, -0.1) is 0 Å². The fourth-order valence-electron chi connectivity index (χ4n) is 3.16. The number of nitrogens with zero attached hydrogens (tertiary/aromatic N) is 3. The first-order valence-electron chi connectivity index (χ1n) is 11.0. The van der Waals surface area contributed by atoms with Gasteiger partial charge in [0.15, 0.2) is 5.43 Å². The molecule has 0 radical (unpaired) electrons. The van der Waals surface area contributed by atoms with Crippen molar-refractivity contribution in [3.8, 4) is 17.3 Å². The van der Waals surface area contributed by atoms with Crippen LogP contribution >= 0.6 is 31.9 Å². The second-order valence-corrected chi connectivity index (χ2v) is 9.39. The number of hydrogen-bond donors (Lipinski definition) is 2. The van der Waals surface area contributed by atoms with Crippen molar-refractivity contribution in [2.45, 2.75) is 7.43 Å². The smallest absolute Gasteiger partial charge is 0.339 e. The lowest BCUT2D eigenvalue weighted by molar-refractivity contribution is 0.0602. The number of fused-ring (bicyclic) bond motifs is 1. The topological polar surface area (TPSA) is 135 Å². The zero-order valence-corrected chi connectivity index (χ0v) is 23.2. The van der Waals surface area contributed by atoms with Crippen LogP contribution in [0.3, 0.4) is 0 Å². The highest BCUT2D eigenvalue weighted by Crippen LogP contribution is 2.20. The van der Waals surface area contributed by atoms with Crippen molar-refractivity contribution in [2.75, 3.05) is 12.8 Å². The van der Waals surface area contributed by atoms with E-state index < -0.39 is 5.97 Å². The molecule has 3 N–H and O–H groups in total. The van der Waals surface area contributed by atoms with Gasteiger partial charge in [0.05, 0.1) is 29.4 Å². The molecule has 3 aromatic heterocycles. The Morgan fingerprint density at radius 3 is 2.21 bits per heavy atom. The second-order valence-electron chi connectivity index (χ2n) is 7.56. The lowest BCUT2D eigenvalue weighted by atomic mass is 10.1. The first kappa shape index (κ1) is 30.9. The summed E-state index contributed by atoms with van der Waals surface area (Å²) in [6.45, 7) is 0. The van der Waals surface area contributed by atoms with Gasteiger partial charge in [-0.2, -0.15) is 5.26 Å². The normalized spacial score (nSPS) is 9.49. The maximum atomic E-state index is 12.0. The van der Waals surface area contributed by atoms with Crippen molar-refractivity contribution in [1.82, 2.24) is 15.0 Å². The minimum atomic E-state index is -0.417. The highest BCUT2D eigenvalue weighted by molar-refractivity contribution is 9.10. The average molecular weight is 651 g/mol. The predicted molar refractivity (Wildman–Crippen MR) is 161 cm³/mol. The van der Waals surface area contributed by atoms with E-state index in [2.05, 4.69) is 51.5 Å². The van der Waals surface area contributed by atoms with Crippen molar-refractivity contribution in [3.63, 3.8) is 0 Å². The molecular formula is C29H25Br2N5O3. The molecule has 0 spiro atoms. The summed E-state index contributed by atoms with van der Waals surface area (Å²) in [5.74, 6) is -0.417. The van der Waals surface area contributed by atoms with E-state index in [0.29, 0.717) is 22.2 Å². The number of esters is 1. The third-order valence-corrected chi connectivity index (χ3v) is 5.96. The summed E-state index contributed by atoms with van der Waals surface area (Å²) < 4.78 is 6.30. The Hall–Kier alpha value is -4.33. The Balaban J connectivity index is 0.000000221. The maximum Gasteiger partial charge on any atom is 0.339 e. The summed E-state index contributed by atoms with van der Waals surface area (Å²) in [5.41, 5.74) is 9.47. The Morgan fingerprint density at radius 2 is 1.64 bits per heavy atom. The number of halogens is 2. The Morgan fingerprint density at radius 1 is 0.974 bits per heavy atom. The summed E-state index contributed by atoms with van der Waals surface area (Å²) in [6.07, 6.45) is 6.61. The van der Waals surface area contributed by atoms with Gasteiger partial charge in [-0.25, -0.2) is 4.79 Å². The van der Waals surface area contributed by atoms with Crippen LogP contribution in [0.2, 0.25) is 0 Å². The number of anilines is 1. The number of benzene rings is 2. The number of H-pyrrole nitrogens is 1. The number of nitrogen functional groups attached to an aromatic ring is 1. The van der Waals surface area contributed by atoms with Crippen molar-refractivity contribution < 1.29 is 9.53 Å². The summed E-state index contributed by atoms with van der Waals surface area (Å²) >= 11 is 6.64. The number of hydrogen-bond acceptors (Lipinski definition) is 7. The minimum absolute atomic E-state index is 0. The SMILES string of the molecule is C.COC(=O)c1ccc(Br)cc1N.N#Cc1cccnc1.O=c1cc(-c2cccnc2)[nH]c2cc(Br)ccc12. The molecule has 0 fully saturated rings. The zero-order chi connectivity index (χ0) is 27.5. The molecule has 0 unspecified atom stereocenters. The summed E-state index contributed by atoms with van der Waals surface area (Å²) in [5, 5.41) is 8.93. The van der Waals surface area contributed by atoms with E-state index in [1.165, 1.54) is 13.3 Å². The molecule has 5 rings (SSSR count). The van der Waals surface area contributed by atoms with Crippen LogP contribution in [0.1, 0.15) is 23.3 Å². The molecule has 0 amide bonds. The fraction of sp³-hybridized carbons (Fsp3) is 0.0690. The van der Waals surface area contributed by atoms with Crippen molar-refractivity contribution >= 4 is 54.4 Å². The highest BCUT2D eigenvalue weighted by atomic mass is 79.9. The van der Waals surface area contributed by atoms with Gasteiger partial charge >= 0.3 is 5.97 Å². The van der Waals surface area contributed by atoms with Crippen LogP contribution in [0.25, 0.3) is 22.2 Å². The molecule has 5 aromatic rings. The number of aromatic nitrogens is 3. The fourth-order valence-corrected chi connectivity index (χ4v) is 3.90. The molecule has 2 aromatic carbocycles. The molecule has 198 valence electrons. The van der Waals surface area contributed by atoms with Gasteiger partial charge in [-0.1, -0.05) is 39.3 Å². The largest absolute Gasteiger partial charge is 0.465 e. The van der Waals surface area contributed by atoms with Crippen LogP contribution in [0.15, 0.2) is 105 Å². The van der Waals surface area contributed by atoms with Crippen LogP contribution < -0.4 is 11.2 Å². The quantitative estimate of drug-likeness (QED) is 0.159. The third-order valence-electron chi connectivity index (χ3n) is 4.97. The van der Waals surface area contributed by atoms with Crippen molar-refractivity contribution in [2.24, 2.45) is 0 Å². The molecule has 0 aliphatic heterocycles. The molecule has 0 aliphatic carbocycles. The van der Waals surface area contributed by atoms with E-state index in [1.54, 1.807) is 55.0 Å². The number of carbonyl (C=O) groups excluding carboxylic acids is 1. The van der Waals surface area contributed by atoms with E-state index >= 15 is 0 Å². The molecule has 0 saturated carbocycles. The number of nitrogens with one attached hydrogen (secondary N) is 1. The van der Waals surface area contributed by atoms with Crippen molar-refractivity contribution in [3.05, 3.63) is 122 Å². The Labute approximate surface area is 242 Å². The van der Waals surface area contributed by atoms with Gasteiger partial charge in [0.25, 0.3) is 0 Å². The zero-order valence-electron chi connectivity index (χ0n) is 20.1. The number of pyridine rings is 3. The van der Waals surface area contributed by atoms with Crippen LogP contribution in [0.4, 0.5) is 5.69 Å². The third kappa shape index (κ3) is 8.88. The Bertz CT molecular complexity index is 1640. The maximum absolute atomic E-state index is 12.0. The first-order valence-corrected chi connectivity index (χ1v) is 12.6. The van der Waals surface area contributed by atoms with Gasteiger partial charge in [0.2, 0.25) is 0 Å². The molecule has 0 atom stereocenters. The molecule has 8 nitrogen and oxygen atoms in total. The number of carbonyl (C=O) groups is 1. The number of methoxy groups -OCH3 is 1. The summed E-state index contributed by atoms with van der Waals surface area (Å²) in [4.78, 5) is 34.1. The molecule has 0 aliphatic rings. The van der Waals surface area contributed by atoms with E-state index in [-0.39, 0.29) is 12.9 Å². The molecular weight excluding hydrogens is 626 g/mol. The van der Waals surface area contributed by atoms with Gasteiger partial charge in [-0.3, -0.25) is 14.8 Å². The number of aromatic amines is 1. The lowest BCUT2D eigenvalue weighted by Gasteiger charge is -2.04. The van der Waals surface area contributed by atoms with Crippen LogP contribution in [0, 0.1) is 11.3 Å². The molecule has 3 heterocycles. The van der Waals surface area contributed by atoms with E-state index in [4.69, 9.17) is 11.0 Å². The number of nitriles is 1. The van der Waals surface area contributed by atoms with E-state index in [1.807, 2.05) is 36.4 Å². The number of nitrogens with two attached hydrogens (primary N) is 1. The van der Waals surface area contributed by atoms with Gasteiger partial charge in [0, 0.05) is 56.4 Å².